The molecule has 232 valence electrons. The van der Waals surface area contributed by atoms with E-state index in [1.165, 1.54) is 49.5 Å². The number of rotatable bonds is 15. The van der Waals surface area contributed by atoms with Gasteiger partial charge in [0.25, 0.3) is 10.0 Å². The Morgan fingerprint density at radius 1 is 0.930 bits per heavy atom. The highest BCUT2D eigenvalue weighted by Crippen LogP contribution is 2.32. The molecule has 1 atom stereocenters. The molecule has 0 saturated carbocycles. The summed E-state index contributed by atoms with van der Waals surface area (Å²) in [5, 5.41) is 3.34. The molecule has 1 N–H and O–H groups in total. The summed E-state index contributed by atoms with van der Waals surface area (Å²) >= 11 is 6.11. The summed E-state index contributed by atoms with van der Waals surface area (Å²) in [5.74, 6) is -0.226. The Bertz CT molecular complexity index is 1480. The Kier molecular flexibility index (Phi) is 12.3. The van der Waals surface area contributed by atoms with Crippen molar-refractivity contribution in [3.05, 3.63) is 82.9 Å². The van der Waals surface area contributed by atoms with E-state index < -0.39 is 28.5 Å². The summed E-state index contributed by atoms with van der Waals surface area (Å²) in [6.45, 7) is 5.89. The number of hydrogen-bond acceptors (Lipinski definition) is 6. The number of unbranched alkanes of at least 4 members (excludes halogenated alkanes) is 1. The zero-order chi connectivity index (χ0) is 31.6. The maximum Gasteiger partial charge on any atom is 0.264 e. The molecule has 43 heavy (non-hydrogen) atoms. The lowest BCUT2D eigenvalue weighted by molar-refractivity contribution is -0.140. The SMILES string of the molecule is CCCCNC(=O)[C@@H](CC)N(Cc1ccc(C)cc1)C(=O)CN(c1ccc(Cl)cc1)S(=O)(=O)c1ccc(OC)c(OC)c1. The molecule has 0 aliphatic heterocycles. The third-order valence-electron chi connectivity index (χ3n) is 7.03. The normalized spacial score (nSPS) is 11.9. The molecule has 0 saturated heterocycles. The molecule has 0 bridgehead atoms. The van der Waals surface area contributed by atoms with Crippen molar-refractivity contribution < 1.29 is 27.5 Å². The summed E-state index contributed by atoms with van der Waals surface area (Å²) in [6.07, 6.45) is 2.06. The van der Waals surface area contributed by atoms with Crippen molar-refractivity contribution in [2.24, 2.45) is 0 Å². The summed E-state index contributed by atoms with van der Waals surface area (Å²) in [6, 6.07) is 17.3. The second-order valence-electron chi connectivity index (χ2n) is 10.1. The molecule has 3 aromatic carbocycles. The van der Waals surface area contributed by atoms with Crippen molar-refractivity contribution in [3.63, 3.8) is 0 Å². The fraction of sp³-hybridized carbons (Fsp3) is 0.375. The van der Waals surface area contributed by atoms with Gasteiger partial charge in [0.15, 0.2) is 11.5 Å². The van der Waals surface area contributed by atoms with Crippen LogP contribution in [-0.4, -0.2) is 58.5 Å². The van der Waals surface area contributed by atoms with E-state index in [0.29, 0.717) is 23.7 Å². The zero-order valence-electron chi connectivity index (χ0n) is 25.3. The molecule has 0 aliphatic carbocycles. The monoisotopic (exact) mass is 629 g/mol. The van der Waals surface area contributed by atoms with E-state index >= 15 is 0 Å². The van der Waals surface area contributed by atoms with Gasteiger partial charge in [-0.1, -0.05) is 61.7 Å². The van der Waals surface area contributed by atoms with E-state index in [-0.39, 0.29) is 28.8 Å². The second-order valence-corrected chi connectivity index (χ2v) is 12.4. The Labute approximate surface area is 259 Å². The van der Waals surface area contributed by atoms with Crippen molar-refractivity contribution in [3.8, 4) is 11.5 Å². The van der Waals surface area contributed by atoms with Crippen LogP contribution in [0.2, 0.25) is 5.02 Å². The number of sulfonamides is 1. The van der Waals surface area contributed by atoms with Gasteiger partial charge in [0.1, 0.15) is 12.6 Å². The van der Waals surface area contributed by atoms with Gasteiger partial charge in [0.2, 0.25) is 11.8 Å². The van der Waals surface area contributed by atoms with Gasteiger partial charge in [0, 0.05) is 24.2 Å². The highest BCUT2D eigenvalue weighted by atomic mass is 35.5. The van der Waals surface area contributed by atoms with E-state index in [4.69, 9.17) is 21.1 Å². The molecule has 3 aromatic rings. The number of anilines is 1. The molecule has 0 heterocycles. The number of aryl methyl sites for hydroxylation is 1. The lowest BCUT2D eigenvalue weighted by Gasteiger charge is -2.33. The number of benzene rings is 3. The lowest BCUT2D eigenvalue weighted by atomic mass is 10.1. The van der Waals surface area contributed by atoms with Gasteiger partial charge in [-0.15, -0.1) is 0 Å². The van der Waals surface area contributed by atoms with Gasteiger partial charge in [0.05, 0.1) is 24.8 Å². The molecular weight excluding hydrogens is 590 g/mol. The number of carbonyl (C=O) groups is 2. The fourth-order valence-electron chi connectivity index (χ4n) is 4.56. The van der Waals surface area contributed by atoms with Gasteiger partial charge in [-0.25, -0.2) is 8.42 Å². The van der Waals surface area contributed by atoms with E-state index in [2.05, 4.69) is 5.32 Å². The smallest absolute Gasteiger partial charge is 0.264 e. The van der Waals surface area contributed by atoms with Gasteiger partial charge >= 0.3 is 0 Å². The van der Waals surface area contributed by atoms with Crippen molar-refractivity contribution in [1.82, 2.24) is 10.2 Å². The minimum atomic E-state index is -4.30. The molecule has 0 aliphatic rings. The quantitative estimate of drug-likeness (QED) is 0.220. The largest absolute Gasteiger partial charge is 0.493 e. The molecule has 9 nitrogen and oxygen atoms in total. The summed E-state index contributed by atoms with van der Waals surface area (Å²) in [7, 11) is -1.43. The fourth-order valence-corrected chi connectivity index (χ4v) is 6.11. The maximum atomic E-state index is 14.2. The summed E-state index contributed by atoms with van der Waals surface area (Å²) < 4.78 is 39.9. The average molecular weight is 630 g/mol. The minimum Gasteiger partial charge on any atom is -0.493 e. The highest BCUT2D eigenvalue weighted by Gasteiger charge is 2.34. The van der Waals surface area contributed by atoms with E-state index in [9.17, 15) is 18.0 Å². The van der Waals surface area contributed by atoms with Gasteiger partial charge in [-0.05, 0) is 61.7 Å². The van der Waals surface area contributed by atoms with Gasteiger partial charge in [-0.3, -0.25) is 13.9 Å². The van der Waals surface area contributed by atoms with E-state index in [1.807, 2.05) is 45.0 Å². The van der Waals surface area contributed by atoms with Crippen molar-refractivity contribution in [2.75, 3.05) is 31.6 Å². The van der Waals surface area contributed by atoms with Crippen LogP contribution in [0.25, 0.3) is 0 Å². The predicted molar refractivity (Wildman–Crippen MR) is 169 cm³/mol. The minimum absolute atomic E-state index is 0.0951. The molecule has 0 unspecified atom stereocenters. The molecule has 0 aromatic heterocycles. The van der Waals surface area contributed by atoms with Crippen LogP contribution in [0.3, 0.4) is 0 Å². The third-order valence-corrected chi connectivity index (χ3v) is 9.05. The van der Waals surface area contributed by atoms with Crippen LogP contribution in [0, 0.1) is 6.92 Å². The van der Waals surface area contributed by atoms with Crippen LogP contribution in [0.1, 0.15) is 44.2 Å². The molecule has 0 radical (unpaired) electrons. The Hall–Kier alpha value is -3.76. The van der Waals surface area contributed by atoms with Crippen LogP contribution < -0.4 is 19.1 Å². The van der Waals surface area contributed by atoms with Crippen molar-refractivity contribution in [1.29, 1.82) is 0 Å². The number of nitrogens with one attached hydrogen (secondary N) is 1. The molecule has 2 amide bonds. The Morgan fingerprint density at radius 2 is 1.58 bits per heavy atom. The van der Waals surface area contributed by atoms with Gasteiger partial charge in [-0.2, -0.15) is 0 Å². The summed E-state index contributed by atoms with van der Waals surface area (Å²) in [4.78, 5) is 28.8. The average Bonchev–Trinajstić information content (AvgIpc) is 3.00. The number of carbonyl (C=O) groups excluding carboxylic acids is 2. The third kappa shape index (κ3) is 8.64. The van der Waals surface area contributed by atoms with Crippen LogP contribution in [0.4, 0.5) is 5.69 Å². The van der Waals surface area contributed by atoms with E-state index in [1.54, 1.807) is 12.1 Å². The Balaban J connectivity index is 2.06. The first-order valence-corrected chi connectivity index (χ1v) is 16.0. The molecular formula is C32H40ClN3O6S. The van der Waals surface area contributed by atoms with Crippen LogP contribution in [0.5, 0.6) is 11.5 Å². The number of ether oxygens (including phenoxy) is 2. The first kappa shape index (κ1) is 33.7. The number of hydrogen-bond donors (Lipinski definition) is 1. The second kappa shape index (κ2) is 15.6. The first-order chi connectivity index (χ1) is 20.5. The van der Waals surface area contributed by atoms with Crippen LogP contribution in [-0.2, 0) is 26.2 Å². The highest BCUT2D eigenvalue weighted by molar-refractivity contribution is 7.92. The Morgan fingerprint density at radius 3 is 2.16 bits per heavy atom. The molecule has 3 rings (SSSR count). The number of amides is 2. The van der Waals surface area contributed by atoms with Gasteiger partial charge < -0.3 is 19.7 Å². The van der Waals surface area contributed by atoms with Crippen molar-refractivity contribution in [2.45, 2.75) is 57.5 Å². The molecule has 0 fully saturated rings. The van der Waals surface area contributed by atoms with Crippen molar-refractivity contribution >= 4 is 39.1 Å². The standard InChI is InChI=1S/C32H40ClN3O6S/c1-6-8-19-34-32(38)28(7-2)35(21-24-11-9-23(3)10-12-24)31(37)22-36(26-15-13-25(33)14-16-26)43(39,40)27-17-18-29(41-4)30(20-27)42-5/h9-18,20,28H,6-8,19,21-22H2,1-5H3,(H,34,38)/t28-/m1/s1. The van der Waals surface area contributed by atoms with E-state index in [0.717, 1.165) is 28.3 Å². The number of halogens is 1. The maximum absolute atomic E-state index is 14.2. The number of methoxy groups -OCH3 is 2. The first-order valence-electron chi connectivity index (χ1n) is 14.2. The predicted octanol–water partition coefficient (Wildman–Crippen LogP) is 5.58. The van der Waals surface area contributed by atoms with Crippen LogP contribution >= 0.6 is 11.6 Å². The lowest BCUT2D eigenvalue weighted by Crippen LogP contribution is -2.52. The molecule has 0 spiro atoms. The zero-order valence-corrected chi connectivity index (χ0v) is 26.9. The molecule has 11 heteroatoms. The van der Waals surface area contributed by atoms with Crippen LogP contribution in [0.15, 0.2) is 71.6 Å². The number of nitrogens with zero attached hydrogens (tertiary/aromatic N) is 2. The topological polar surface area (TPSA) is 105 Å². The summed E-state index contributed by atoms with van der Waals surface area (Å²) in [5.41, 5.74) is 2.11.